The van der Waals surface area contributed by atoms with E-state index in [1.807, 2.05) is 0 Å². The summed E-state index contributed by atoms with van der Waals surface area (Å²) in [5, 5.41) is 14.5. The predicted molar refractivity (Wildman–Crippen MR) is 107 cm³/mol. The van der Waals surface area contributed by atoms with E-state index in [0.717, 1.165) is 4.90 Å². The van der Waals surface area contributed by atoms with Gasteiger partial charge >= 0.3 is 0 Å². The first-order chi connectivity index (χ1) is 14.0. The minimum absolute atomic E-state index is 0.188. The molecule has 0 atom stereocenters. The Balaban J connectivity index is 1.41. The lowest BCUT2D eigenvalue weighted by molar-refractivity contribution is -0.115. The van der Waals surface area contributed by atoms with Crippen LogP contribution in [-0.2, 0) is 11.8 Å². The molecule has 29 heavy (non-hydrogen) atoms. The second-order valence-corrected chi connectivity index (χ2v) is 7.34. The van der Waals surface area contributed by atoms with Gasteiger partial charge in [0.1, 0.15) is 0 Å². The van der Waals surface area contributed by atoms with Crippen LogP contribution in [0.15, 0.2) is 53.7 Å². The number of anilines is 2. The minimum Gasteiger partial charge on any atom is -0.326 e. The predicted octanol–water partition coefficient (Wildman–Crippen LogP) is 2.13. The second-order valence-electron chi connectivity index (χ2n) is 6.27. The fraction of sp³-hybridized carbons (Fsp3) is 0.158. The summed E-state index contributed by atoms with van der Waals surface area (Å²) in [6, 6.07) is 13.4. The molecule has 0 radical (unpaired) electrons. The summed E-state index contributed by atoms with van der Waals surface area (Å²) in [6.45, 7) is 0. The highest BCUT2D eigenvalue weighted by molar-refractivity contribution is 7.99. The van der Waals surface area contributed by atoms with Crippen molar-refractivity contribution in [3.8, 4) is 0 Å². The van der Waals surface area contributed by atoms with Crippen LogP contribution < -0.4 is 10.2 Å². The smallest absolute Gasteiger partial charge is 0.266 e. The molecule has 2 aromatic carbocycles. The number of thioether (sulfide) groups is 1. The van der Waals surface area contributed by atoms with Crippen LogP contribution in [0.3, 0.4) is 0 Å². The van der Waals surface area contributed by atoms with Gasteiger partial charge in [-0.3, -0.25) is 14.4 Å². The molecule has 10 heteroatoms. The second kappa shape index (κ2) is 7.84. The largest absolute Gasteiger partial charge is 0.326 e. The Labute approximate surface area is 170 Å². The van der Waals surface area contributed by atoms with E-state index < -0.39 is 0 Å². The number of carbonyl (C=O) groups excluding carboxylic acids is 3. The Kier molecular flexibility index (Phi) is 5.09. The number of imide groups is 1. The lowest BCUT2D eigenvalue weighted by Gasteiger charge is -2.15. The van der Waals surface area contributed by atoms with E-state index in [1.54, 1.807) is 55.6 Å². The molecular formula is C19H16N6O3S. The minimum atomic E-state index is -0.372. The number of fused-ring (bicyclic) bond motifs is 1. The van der Waals surface area contributed by atoms with E-state index in [4.69, 9.17) is 0 Å². The van der Waals surface area contributed by atoms with Gasteiger partial charge in [0.2, 0.25) is 11.1 Å². The van der Waals surface area contributed by atoms with Crippen LogP contribution in [0.25, 0.3) is 0 Å². The van der Waals surface area contributed by atoms with Gasteiger partial charge in [-0.2, -0.15) is 0 Å². The number of aromatic nitrogens is 4. The zero-order valence-electron chi connectivity index (χ0n) is 15.4. The summed E-state index contributed by atoms with van der Waals surface area (Å²) < 4.78 is 1.54. The molecule has 0 saturated heterocycles. The molecule has 0 fully saturated rings. The molecule has 4 rings (SSSR count). The summed E-state index contributed by atoms with van der Waals surface area (Å²) in [4.78, 5) is 38.6. The number of tetrazole rings is 1. The number of nitrogens with zero attached hydrogens (tertiary/aromatic N) is 5. The number of carbonyl (C=O) groups is 3. The van der Waals surface area contributed by atoms with E-state index in [2.05, 4.69) is 20.8 Å². The Morgan fingerprint density at radius 2 is 1.79 bits per heavy atom. The molecule has 1 aromatic heterocycles. The highest BCUT2D eigenvalue weighted by atomic mass is 32.2. The number of rotatable bonds is 6. The van der Waals surface area contributed by atoms with Gasteiger partial charge in [-0.1, -0.05) is 30.0 Å². The van der Waals surface area contributed by atoms with Gasteiger partial charge in [0.25, 0.3) is 11.8 Å². The quantitative estimate of drug-likeness (QED) is 0.491. The van der Waals surface area contributed by atoms with E-state index in [1.165, 1.54) is 16.4 Å². The van der Waals surface area contributed by atoms with Crippen molar-refractivity contribution < 1.29 is 14.4 Å². The third-order valence-electron chi connectivity index (χ3n) is 4.32. The summed E-state index contributed by atoms with van der Waals surface area (Å²) in [6.07, 6.45) is 0.259. The average Bonchev–Trinajstić information content (AvgIpc) is 3.23. The van der Waals surface area contributed by atoms with Crippen molar-refractivity contribution in [1.82, 2.24) is 20.2 Å². The number of benzene rings is 2. The monoisotopic (exact) mass is 408 g/mol. The molecule has 3 aromatic rings. The molecule has 0 spiro atoms. The number of amides is 3. The van der Waals surface area contributed by atoms with Gasteiger partial charge in [-0.15, -0.1) is 5.10 Å². The van der Waals surface area contributed by atoms with Gasteiger partial charge in [0.05, 0.1) is 16.8 Å². The van der Waals surface area contributed by atoms with Crippen molar-refractivity contribution in [2.75, 3.05) is 16.0 Å². The first-order valence-electron chi connectivity index (χ1n) is 8.77. The van der Waals surface area contributed by atoms with Crippen molar-refractivity contribution in [3.05, 3.63) is 59.7 Å². The van der Waals surface area contributed by atoms with Crippen LogP contribution in [-0.4, -0.2) is 43.7 Å². The first-order valence-corrected chi connectivity index (χ1v) is 9.76. The zero-order valence-corrected chi connectivity index (χ0v) is 16.2. The van der Waals surface area contributed by atoms with E-state index >= 15 is 0 Å². The number of nitrogens with one attached hydrogen (secondary N) is 1. The Hall–Kier alpha value is -3.53. The zero-order chi connectivity index (χ0) is 20.4. The summed E-state index contributed by atoms with van der Waals surface area (Å²) in [5.74, 6) is -0.421. The molecule has 1 aliphatic rings. The number of aryl methyl sites for hydroxylation is 1. The van der Waals surface area contributed by atoms with Crippen LogP contribution >= 0.6 is 11.8 Å². The normalized spacial score (nSPS) is 12.9. The Morgan fingerprint density at radius 1 is 1.07 bits per heavy atom. The fourth-order valence-corrected chi connectivity index (χ4v) is 3.74. The fourth-order valence-electron chi connectivity index (χ4n) is 2.95. The van der Waals surface area contributed by atoms with Crippen LogP contribution in [0.5, 0.6) is 0 Å². The maximum Gasteiger partial charge on any atom is 0.266 e. The van der Waals surface area contributed by atoms with Gasteiger partial charge in [0.15, 0.2) is 0 Å². The molecule has 0 bridgehead atoms. The summed E-state index contributed by atoms with van der Waals surface area (Å²) in [5.41, 5.74) is 1.67. The third-order valence-corrected chi connectivity index (χ3v) is 5.34. The standard InChI is InChI=1S/C19H16N6O3S/c1-24-19(21-22-23-24)29-10-9-16(26)20-12-5-4-6-13(11-12)25-17(27)14-7-2-3-8-15(14)18(25)28/h2-8,11H,9-10H2,1H3,(H,20,26). The average molecular weight is 408 g/mol. The molecule has 2 heterocycles. The van der Waals surface area contributed by atoms with E-state index in [9.17, 15) is 14.4 Å². The molecular weight excluding hydrogens is 392 g/mol. The van der Waals surface area contributed by atoms with Gasteiger partial charge < -0.3 is 5.32 Å². The van der Waals surface area contributed by atoms with E-state index in [0.29, 0.717) is 33.4 Å². The van der Waals surface area contributed by atoms with Gasteiger partial charge in [0, 0.05) is 24.9 Å². The van der Waals surface area contributed by atoms with Crippen LogP contribution in [0, 0.1) is 0 Å². The molecule has 1 N–H and O–H groups in total. The van der Waals surface area contributed by atoms with Crippen molar-refractivity contribution in [2.45, 2.75) is 11.6 Å². The lowest BCUT2D eigenvalue weighted by atomic mass is 10.1. The highest BCUT2D eigenvalue weighted by Crippen LogP contribution is 2.29. The van der Waals surface area contributed by atoms with Crippen LogP contribution in [0.2, 0.25) is 0 Å². The van der Waals surface area contributed by atoms with Crippen LogP contribution in [0.1, 0.15) is 27.1 Å². The SMILES string of the molecule is Cn1nnnc1SCCC(=O)Nc1cccc(N2C(=O)c3ccccc3C2=O)c1. The first kappa shape index (κ1) is 18.8. The number of hydrogen-bond donors (Lipinski definition) is 1. The molecule has 146 valence electrons. The van der Waals surface area contributed by atoms with Crippen LogP contribution in [0.4, 0.5) is 11.4 Å². The Bertz CT molecular complexity index is 1080. The molecule has 0 saturated carbocycles. The topological polar surface area (TPSA) is 110 Å². The van der Waals surface area contributed by atoms with Crippen molar-refractivity contribution >= 4 is 40.9 Å². The van der Waals surface area contributed by atoms with E-state index in [-0.39, 0.29) is 24.1 Å². The molecule has 1 aliphatic heterocycles. The summed E-state index contributed by atoms with van der Waals surface area (Å²) in [7, 11) is 1.73. The Morgan fingerprint density at radius 3 is 2.45 bits per heavy atom. The molecule has 0 unspecified atom stereocenters. The van der Waals surface area contributed by atoms with Crippen molar-refractivity contribution in [3.63, 3.8) is 0 Å². The van der Waals surface area contributed by atoms with Crippen molar-refractivity contribution in [2.24, 2.45) is 7.05 Å². The van der Waals surface area contributed by atoms with Gasteiger partial charge in [-0.25, -0.2) is 9.58 Å². The van der Waals surface area contributed by atoms with Gasteiger partial charge in [-0.05, 0) is 40.8 Å². The van der Waals surface area contributed by atoms with Crippen molar-refractivity contribution in [1.29, 1.82) is 0 Å². The highest BCUT2D eigenvalue weighted by Gasteiger charge is 2.36. The maximum absolute atomic E-state index is 12.6. The summed E-state index contributed by atoms with van der Waals surface area (Å²) >= 11 is 1.38. The number of hydrogen-bond acceptors (Lipinski definition) is 7. The molecule has 3 amide bonds. The third kappa shape index (κ3) is 3.74. The molecule has 9 nitrogen and oxygen atoms in total. The lowest BCUT2D eigenvalue weighted by Crippen LogP contribution is -2.29. The maximum atomic E-state index is 12.6. The molecule has 0 aliphatic carbocycles.